The normalized spacial score (nSPS) is 16.5. The standard InChI is InChI=1S/C15H21ClN2O/c1-10(2)14(17)15(19)18(12-7-8-12)9-11-5-3-4-6-13(11)16/h3-6,10,12,14H,7-9,17H2,1-2H3. The topological polar surface area (TPSA) is 46.3 Å². The van der Waals surface area contributed by atoms with Crippen LogP contribution in [0.5, 0.6) is 0 Å². The number of hydrogen-bond donors (Lipinski definition) is 1. The summed E-state index contributed by atoms with van der Waals surface area (Å²) in [4.78, 5) is 14.3. The number of carbonyl (C=O) groups is 1. The van der Waals surface area contributed by atoms with Gasteiger partial charge in [-0.2, -0.15) is 0 Å². The number of amides is 1. The molecule has 104 valence electrons. The van der Waals surface area contributed by atoms with E-state index in [9.17, 15) is 4.79 Å². The van der Waals surface area contributed by atoms with Crippen LogP contribution >= 0.6 is 11.6 Å². The maximum Gasteiger partial charge on any atom is 0.240 e. The lowest BCUT2D eigenvalue weighted by Gasteiger charge is -2.27. The molecule has 1 aliphatic carbocycles. The summed E-state index contributed by atoms with van der Waals surface area (Å²) in [6, 6.07) is 7.58. The third-order valence-corrected chi connectivity index (χ3v) is 3.94. The van der Waals surface area contributed by atoms with Crippen LogP contribution in [0.4, 0.5) is 0 Å². The maximum absolute atomic E-state index is 12.4. The first-order chi connectivity index (χ1) is 9.00. The Morgan fingerprint density at radius 1 is 1.42 bits per heavy atom. The molecule has 2 N–H and O–H groups in total. The molecule has 1 aliphatic rings. The zero-order valence-electron chi connectivity index (χ0n) is 11.5. The number of nitrogens with two attached hydrogens (primary N) is 1. The van der Waals surface area contributed by atoms with E-state index in [-0.39, 0.29) is 11.8 Å². The molecule has 1 atom stereocenters. The molecule has 0 radical (unpaired) electrons. The van der Waals surface area contributed by atoms with Gasteiger partial charge in [0.1, 0.15) is 0 Å². The summed E-state index contributed by atoms with van der Waals surface area (Å²) in [5.41, 5.74) is 6.98. The summed E-state index contributed by atoms with van der Waals surface area (Å²) >= 11 is 6.17. The second-order valence-electron chi connectivity index (χ2n) is 5.56. The molecule has 0 aliphatic heterocycles. The van der Waals surface area contributed by atoms with E-state index in [4.69, 9.17) is 17.3 Å². The number of hydrogen-bond acceptors (Lipinski definition) is 2. The molecule has 3 nitrogen and oxygen atoms in total. The Balaban J connectivity index is 2.13. The van der Waals surface area contributed by atoms with Crippen molar-refractivity contribution >= 4 is 17.5 Å². The SMILES string of the molecule is CC(C)C(N)C(=O)N(Cc1ccccc1Cl)C1CC1. The molecule has 0 heterocycles. The minimum atomic E-state index is -0.428. The van der Waals surface area contributed by atoms with E-state index < -0.39 is 6.04 Å². The van der Waals surface area contributed by atoms with Gasteiger partial charge in [-0.25, -0.2) is 0 Å². The van der Waals surface area contributed by atoms with Crippen molar-refractivity contribution in [1.82, 2.24) is 4.90 Å². The Hall–Kier alpha value is -1.06. The molecule has 1 aromatic rings. The first-order valence-corrected chi connectivity index (χ1v) is 7.18. The van der Waals surface area contributed by atoms with Gasteiger partial charge >= 0.3 is 0 Å². The molecule has 0 bridgehead atoms. The van der Waals surface area contributed by atoms with Crippen molar-refractivity contribution in [3.63, 3.8) is 0 Å². The van der Waals surface area contributed by atoms with Gasteiger partial charge in [-0.3, -0.25) is 4.79 Å². The van der Waals surface area contributed by atoms with Crippen LogP contribution in [0.1, 0.15) is 32.3 Å². The Bertz CT molecular complexity index is 457. The van der Waals surface area contributed by atoms with E-state index in [0.717, 1.165) is 18.4 Å². The molecule has 0 saturated heterocycles. The molecule has 1 aromatic carbocycles. The molecule has 1 unspecified atom stereocenters. The smallest absolute Gasteiger partial charge is 0.240 e. The zero-order valence-corrected chi connectivity index (χ0v) is 12.2. The van der Waals surface area contributed by atoms with Crippen molar-refractivity contribution in [3.8, 4) is 0 Å². The molecule has 1 saturated carbocycles. The van der Waals surface area contributed by atoms with Gasteiger partial charge in [0, 0.05) is 17.6 Å². The molecule has 0 spiro atoms. The first kappa shape index (κ1) is 14.4. The second kappa shape index (κ2) is 5.93. The lowest BCUT2D eigenvalue weighted by Crippen LogP contribution is -2.47. The van der Waals surface area contributed by atoms with Crippen LogP contribution in [0.3, 0.4) is 0 Å². The largest absolute Gasteiger partial charge is 0.334 e. The van der Waals surface area contributed by atoms with Gasteiger partial charge in [-0.15, -0.1) is 0 Å². The van der Waals surface area contributed by atoms with E-state index in [1.54, 1.807) is 0 Å². The molecule has 19 heavy (non-hydrogen) atoms. The van der Waals surface area contributed by atoms with Crippen molar-refractivity contribution in [1.29, 1.82) is 0 Å². The van der Waals surface area contributed by atoms with Crippen molar-refractivity contribution < 1.29 is 4.79 Å². The van der Waals surface area contributed by atoms with Crippen LogP contribution in [0.25, 0.3) is 0 Å². The van der Waals surface area contributed by atoms with Crippen LogP contribution in [0.15, 0.2) is 24.3 Å². The van der Waals surface area contributed by atoms with Crippen LogP contribution in [0, 0.1) is 5.92 Å². The Morgan fingerprint density at radius 3 is 2.58 bits per heavy atom. The molecule has 4 heteroatoms. The summed E-state index contributed by atoms with van der Waals surface area (Å²) in [6.07, 6.45) is 2.14. The average Bonchev–Trinajstić information content (AvgIpc) is 3.20. The Morgan fingerprint density at radius 2 is 2.05 bits per heavy atom. The fraction of sp³-hybridized carbons (Fsp3) is 0.533. The van der Waals surface area contributed by atoms with E-state index in [1.807, 2.05) is 43.0 Å². The van der Waals surface area contributed by atoms with Gasteiger partial charge in [0.25, 0.3) is 0 Å². The molecule has 0 aromatic heterocycles. The fourth-order valence-electron chi connectivity index (χ4n) is 2.06. The molecular weight excluding hydrogens is 260 g/mol. The predicted molar refractivity (Wildman–Crippen MR) is 77.8 cm³/mol. The van der Waals surface area contributed by atoms with Gasteiger partial charge in [0.15, 0.2) is 0 Å². The van der Waals surface area contributed by atoms with E-state index in [1.165, 1.54) is 0 Å². The van der Waals surface area contributed by atoms with Gasteiger partial charge in [-0.05, 0) is 30.4 Å². The molecule has 2 rings (SSSR count). The number of benzene rings is 1. The highest BCUT2D eigenvalue weighted by Crippen LogP contribution is 2.30. The number of nitrogens with zero attached hydrogens (tertiary/aromatic N) is 1. The van der Waals surface area contributed by atoms with E-state index in [2.05, 4.69) is 0 Å². The van der Waals surface area contributed by atoms with Crippen molar-refractivity contribution in [2.45, 2.75) is 45.3 Å². The van der Waals surface area contributed by atoms with Gasteiger partial charge in [0.2, 0.25) is 5.91 Å². The third kappa shape index (κ3) is 3.48. The fourth-order valence-corrected chi connectivity index (χ4v) is 2.26. The van der Waals surface area contributed by atoms with Crippen molar-refractivity contribution in [2.75, 3.05) is 0 Å². The Kier molecular flexibility index (Phi) is 4.48. The first-order valence-electron chi connectivity index (χ1n) is 6.80. The van der Waals surface area contributed by atoms with Gasteiger partial charge in [-0.1, -0.05) is 43.6 Å². The molecule has 1 amide bonds. The van der Waals surface area contributed by atoms with E-state index >= 15 is 0 Å². The van der Waals surface area contributed by atoms with Crippen LogP contribution < -0.4 is 5.73 Å². The number of carbonyl (C=O) groups excluding carboxylic acids is 1. The van der Waals surface area contributed by atoms with Crippen LogP contribution in [-0.2, 0) is 11.3 Å². The monoisotopic (exact) mass is 280 g/mol. The minimum absolute atomic E-state index is 0.0393. The number of rotatable bonds is 5. The van der Waals surface area contributed by atoms with Crippen LogP contribution in [0.2, 0.25) is 5.02 Å². The highest BCUT2D eigenvalue weighted by Gasteiger charge is 2.35. The van der Waals surface area contributed by atoms with Crippen molar-refractivity contribution in [3.05, 3.63) is 34.9 Å². The summed E-state index contributed by atoms with van der Waals surface area (Å²) in [5.74, 6) is 0.192. The molecular formula is C15H21ClN2O. The number of halogens is 1. The van der Waals surface area contributed by atoms with Gasteiger partial charge in [0.05, 0.1) is 6.04 Å². The molecule has 1 fully saturated rings. The quantitative estimate of drug-likeness (QED) is 0.901. The van der Waals surface area contributed by atoms with E-state index in [0.29, 0.717) is 17.6 Å². The average molecular weight is 281 g/mol. The lowest BCUT2D eigenvalue weighted by atomic mass is 10.0. The summed E-state index contributed by atoms with van der Waals surface area (Å²) < 4.78 is 0. The van der Waals surface area contributed by atoms with Crippen LogP contribution in [-0.4, -0.2) is 22.9 Å². The van der Waals surface area contributed by atoms with Gasteiger partial charge < -0.3 is 10.6 Å². The summed E-state index contributed by atoms with van der Waals surface area (Å²) in [6.45, 7) is 4.51. The summed E-state index contributed by atoms with van der Waals surface area (Å²) in [5, 5.41) is 0.707. The zero-order chi connectivity index (χ0) is 14.0. The second-order valence-corrected chi connectivity index (χ2v) is 5.97. The predicted octanol–water partition coefficient (Wildman–Crippen LogP) is 2.81. The van der Waals surface area contributed by atoms with Crippen molar-refractivity contribution in [2.24, 2.45) is 11.7 Å². The highest BCUT2D eigenvalue weighted by atomic mass is 35.5. The maximum atomic E-state index is 12.4. The Labute approximate surface area is 119 Å². The lowest BCUT2D eigenvalue weighted by molar-refractivity contribution is -0.134. The summed E-state index contributed by atoms with van der Waals surface area (Å²) in [7, 11) is 0. The minimum Gasteiger partial charge on any atom is -0.334 e. The highest BCUT2D eigenvalue weighted by molar-refractivity contribution is 6.31. The third-order valence-electron chi connectivity index (χ3n) is 3.57.